The van der Waals surface area contributed by atoms with Gasteiger partial charge >= 0.3 is 12.1 Å². The third kappa shape index (κ3) is 5.38. The smallest absolute Gasteiger partial charge is 0.434 e. The molecule has 0 unspecified atom stereocenters. The van der Waals surface area contributed by atoms with E-state index in [1.165, 1.54) is 24.3 Å². The monoisotopic (exact) mass is 388 g/mol. The van der Waals surface area contributed by atoms with E-state index in [9.17, 15) is 18.0 Å². The minimum atomic E-state index is -4.83. The normalized spacial score (nSPS) is 10.2. The number of aromatic nitrogens is 2. The zero-order valence-electron chi connectivity index (χ0n) is 13.1. The number of hydrogen-bond acceptors (Lipinski definition) is 4. The average molecular weight is 389 g/mol. The van der Waals surface area contributed by atoms with E-state index >= 15 is 0 Å². The number of nitriles is 1. The van der Waals surface area contributed by atoms with Gasteiger partial charge in [-0.3, -0.25) is 10.7 Å². The van der Waals surface area contributed by atoms with Crippen molar-refractivity contribution in [3.8, 4) is 11.9 Å². The van der Waals surface area contributed by atoms with E-state index in [-0.39, 0.29) is 11.6 Å². The number of carboxylic acids is 1. The fraction of sp³-hybridized carbons (Fsp3) is 0.143. The number of nitrogens with zero attached hydrogens (tertiary/aromatic N) is 3. The molecule has 0 saturated carbocycles. The van der Waals surface area contributed by atoms with Crippen molar-refractivity contribution in [2.75, 3.05) is 7.05 Å². The van der Waals surface area contributed by atoms with Crippen molar-refractivity contribution in [3.63, 3.8) is 0 Å². The van der Waals surface area contributed by atoms with Crippen molar-refractivity contribution in [1.29, 1.82) is 10.7 Å². The number of benzene rings is 1. The predicted octanol–water partition coefficient (Wildman–Crippen LogP) is 2.45. The van der Waals surface area contributed by atoms with Gasteiger partial charge in [-0.1, -0.05) is 11.6 Å². The summed E-state index contributed by atoms with van der Waals surface area (Å²) in [4.78, 5) is 10.8. The van der Waals surface area contributed by atoms with Crippen molar-refractivity contribution in [3.05, 3.63) is 46.7 Å². The number of carboxylic acid groups (broad SMARTS) is 1. The van der Waals surface area contributed by atoms with E-state index in [0.29, 0.717) is 15.9 Å². The number of guanidine groups is 1. The van der Waals surface area contributed by atoms with Gasteiger partial charge in [0.05, 0.1) is 11.9 Å². The Bertz CT molecular complexity index is 827. The highest BCUT2D eigenvalue weighted by Gasteiger charge is 2.40. The van der Waals surface area contributed by atoms with Crippen LogP contribution in [-0.2, 0) is 6.18 Å². The molecule has 0 spiro atoms. The second-order valence-electron chi connectivity index (χ2n) is 4.46. The Hall–Kier alpha value is -3.26. The standard InChI is InChI=1S/C11H6ClF3N2O2.C3H6N4/c12-6-1-3-7(4-2-6)17-9(11(13,14)15)8(5-16-17)10(18)19;1-6-3(5)7-2-4/h1-5H,(H,18,19);1H3,(H3,5,6,7). The van der Waals surface area contributed by atoms with Crippen LogP contribution in [-0.4, -0.2) is 33.9 Å². The van der Waals surface area contributed by atoms with Crippen molar-refractivity contribution < 1.29 is 23.1 Å². The molecule has 0 radical (unpaired) electrons. The van der Waals surface area contributed by atoms with Crippen molar-refractivity contribution in [2.24, 2.45) is 0 Å². The molecule has 0 aliphatic heterocycles. The Labute approximate surface area is 150 Å². The molecule has 2 rings (SSSR count). The molecule has 26 heavy (non-hydrogen) atoms. The van der Waals surface area contributed by atoms with E-state index in [2.05, 4.69) is 15.7 Å². The van der Waals surface area contributed by atoms with Gasteiger partial charge in [0.2, 0.25) is 5.96 Å². The SMILES string of the molecule is CNC(=N)NC#N.O=C(O)c1cnn(-c2ccc(Cl)cc2)c1C(F)(F)F. The first-order chi connectivity index (χ1) is 12.1. The van der Waals surface area contributed by atoms with E-state index in [0.717, 1.165) is 0 Å². The molecule has 0 fully saturated rings. The predicted molar refractivity (Wildman–Crippen MR) is 86.1 cm³/mol. The Morgan fingerprint density at radius 3 is 2.35 bits per heavy atom. The molecule has 2 aromatic rings. The summed E-state index contributed by atoms with van der Waals surface area (Å²) in [6.45, 7) is 0. The molecule has 4 N–H and O–H groups in total. The summed E-state index contributed by atoms with van der Waals surface area (Å²) in [5.74, 6) is -1.67. The molecule has 0 amide bonds. The third-order valence-electron chi connectivity index (χ3n) is 2.77. The van der Waals surface area contributed by atoms with E-state index in [1.807, 2.05) is 0 Å². The summed E-state index contributed by atoms with van der Waals surface area (Å²) in [5.41, 5.74) is -2.16. The third-order valence-corrected chi connectivity index (χ3v) is 3.02. The van der Waals surface area contributed by atoms with E-state index in [1.54, 1.807) is 13.2 Å². The molecule has 0 atom stereocenters. The van der Waals surface area contributed by atoms with Crippen molar-refractivity contribution in [2.45, 2.75) is 6.18 Å². The van der Waals surface area contributed by atoms with Crippen LogP contribution in [0, 0.1) is 16.9 Å². The highest BCUT2D eigenvalue weighted by Crippen LogP contribution is 2.33. The summed E-state index contributed by atoms with van der Waals surface area (Å²) in [7, 11) is 1.56. The first kappa shape index (κ1) is 20.8. The summed E-state index contributed by atoms with van der Waals surface area (Å²) in [6.07, 6.45) is -2.58. The summed E-state index contributed by atoms with van der Waals surface area (Å²) in [5, 5.41) is 31.6. The maximum absolute atomic E-state index is 12.9. The Morgan fingerprint density at radius 2 is 1.96 bits per heavy atom. The molecule has 1 aromatic heterocycles. The highest BCUT2D eigenvalue weighted by molar-refractivity contribution is 6.30. The van der Waals surface area contributed by atoms with Crippen LogP contribution in [0.1, 0.15) is 16.1 Å². The van der Waals surface area contributed by atoms with Crippen LogP contribution in [0.25, 0.3) is 5.69 Å². The molecule has 12 heteroatoms. The largest absolute Gasteiger partial charge is 0.478 e. The molecular weight excluding hydrogens is 377 g/mol. The number of nitrogens with one attached hydrogen (secondary N) is 3. The number of rotatable bonds is 2. The van der Waals surface area contributed by atoms with Crippen LogP contribution in [0.2, 0.25) is 5.02 Å². The van der Waals surface area contributed by atoms with Crippen LogP contribution >= 0.6 is 11.6 Å². The van der Waals surface area contributed by atoms with Crippen LogP contribution in [0.5, 0.6) is 0 Å². The quantitative estimate of drug-likeness (QED) is 0.271. The number of carbonyl (C=O) groups is 1. The second kappa shape index (κ2) is 8.72. The molecule has 0 aliphatic rings. The van der Waals surface area contributed by atoms with Crippen LogP contribution in [0.15, 0.2) is 30.5 Å². The van der Waals surface area contributed by atoms with E-state index < -0.39 is 23.4 Å². The molecule has 0 aliphatic carbocycles. The summed E-state index contributed by atoms with van der Waals surface area (Å²) < 4.78 is 39.3. The fourth-order valence-corrected chi connectivity index (χ4v) is 1.80. The van der Waals surface area contributed by atoms with Gasteiger partial charge in [-0.25, -0.2) is 9.48 Å². The van der Waals surface area contributed by atoms with Gasteiger partial charge < -0.3 is 10.4 Å². The molecule has 0 saturated heterocycles. The Balaban J connectivity index is 0.000000412. The van der Waals surface area contributed by atoms with Crippen LogP contribution < -0.4 is 10.6 Å². The number of hydrogen-bond donors (Lipinski definition) is 4. The first-order valence-corrected chi connectivity index (χ1v) is 7.05. The van der Waals surface area contributed by atoms with E-state index in [4.69, 9.17) is 27.4 Å². The zero-order chi connectivity index (χ0) is 19.9. The number of halogens is 4. The van der Waals surface area contributed by atoms with Gasteiger partial charge in [-0.2, -0.15) is 23.5 Å². The Kier molecular flexibility index (Phi) is 6.97. The summed E-state index contributed by atoms with van der Waals surface area (Å²) >= 11 is 5.64. The zero-order valence-corrected chi connectivity index (χ0v) is 13.9. The van der Waals surface area contributed by atoms with Gasteiger partial charge in [0.1, 0.15) is 5.56 Å². The second-order valence-corrected chi connectivity index (χ2v) is 4.90. The lowest BCUT2D eigenvalue weighted by molar-refractivity contribution is -0.143. The van der Waals surface area contributed by atoms with Crippen LogP contribution in [0.4, 0.5) is 13.2 Å². The van der Waals surface area contributed by atoms with Gasteiger partial charge in [0.15, 0.2) is 11.9 Å². The molecule has 1 heterocycles. The molecule has 0 bridgehead atoms. The molecule has 8 nitrogen and oxygen atoms in total. The number of alkyl halides is 3. The first-order valence-electron chi connectivity index (χ1n) is 6.67. The topological polar surface area (TPSA) is 127 Å². The number of aromatic carboxylic acids is 1. The maximum Gasteiger partial charge on any atom is 0.434 e. The minimum Gasteiger partial charge on any atom is -0.478 e. The average Bonchev–Trinajstić information content (AvgIpc) is 3.02. The maximum atomic E-state index is 12.9. The minimum absolute atomic E-state index is 0.0162. The van der Waals surface area contributed by atoms with Crippen molar-refractivity contribution >= 4 is 23.5 Å². The molecule has 138 valence electrons. The van der Waals surface area contributed by atoms with Gasteiger partial charge in [0, 0.05) is 12.1 Å². The van der Waals surface area contributed by atoms with Gasteiger partial charge in [-0.15, -0.1) is 0 Å². The molecular formula is C14H12ClF3N6O2. The van der Waals surface area contributed by atoms with Crippen LogP contribution in [0.3, 0.4) is 0 Å². The van der Waals surface area contributed by atoms with Gasteiger partial charge in [-0.05, 0) is 24.3 Å². The highest BCUT2D eigenvalue weighted by atomic mass is 35.5. The van der Waals surface area contributed by atoms with Crippen molar-refractivity contribution in [1.82, 2.24) is 20.4 Å². The fourth-order valence-electron chi connectivity index (χ4n) is 1.67. The lowest BCUT2D eigenvalue weighted by Crippen LogP contribution is -2.29. The summed E-state index contributed by atoms with van der Waals surface area (Å²) in [6, 6.07) is 5.41. The van der Waals surface area contributed by atoms with Gasteiger partial charge in [0.25, 0.3) is 0 Å². The Morgan fingerprint density at radius 1 is 1.38 bits per heavy atom. The lowest BCUT2D eigenvalue weighted by atomic mass is 10.2. The molecule has 1 aromatic carbocycles. The lowest BCUT2D eigenvalue weighted by Gasteiger charge is -2.11.